The van der Waals surface area contributed by atoms with Crippen LogP contribution in [-0.4, -0.2) is 176 Å². The zero-order valence-corrected chi connectivity index (χ0v) is 39.1. The van der Waals surface area contributed by atoms with E-state index >= 15 is 0 Å². The van der Waals surface area contributed by atoms with Crippen molar-refractivity contribution in [3.63, 3.8) is 0 Å². The van der Waals surface area contributed by atoms with E-state index in [-0.39, 0.29) is 24.4 Å². The van der Waals surface area contributed by atoms with Crippen LogP contribution < -0.4 is 14.8 Å². The largest absolute Gasteiger partial charge is 0.487 e. The SMILES string of the molecule is COCCOCCOCCOCCOCCOCCOCCOc1nn([C@H]2CC[C@H](N3C[C@@H](C)O[C@@H](C)C3)CC2)cc1Nc1ncc(-c2ccc(Cl)c(O[C@@H](C)Cn3cncn3)c2)cn1. The van der Waals surface area contributed by atoms with Crippen molar-refractivity contribution in [2.75, 3.05) is 118 Å². The van der Waals surface area contributed by atoms with Gasteiger partial charge in [0.15, 0.2) is 0 Å². The first-order valence-corrected chi connectivity index (χ1v) is 23.2. The number of rotatable bonds is 31. The van der Waals surface area contributed by atoms with Crippen molar-refractivity contribution in [3.05, 3.63) is 54.5 Å². The quantitative estimate of drug-likeness (QED) is 0.0623. The molecule has 3 atom stereocenters. The number of halogens is 1. The lowest BCUT2D eigenvalue weighted by Gasteiger charge is -2.42. The predicted molar refractivity (Wildman–Crippen MR) is 243 cm³/mol. The summed E-state index contributed by atoms with van der Waals surface area (Å²) in [5.41, 5.74) is 2.36. The first-order chi connectivity index (χ1) is 31.8. The van der Waals surface area contributed by atoms with E-state index in [1.807, 2.05) is 36.0 Å². The summed E-state index contributed by atoms with van der Waals surface area (Å²) in [6.45, 7) is 15.5. The zero-order valence-electron chi connectivity index (χ0n) is 38.4. The summed E-state index contributed by atoms with van der Waals surface area (Å²) >= 11 is 6.52. The molecule has 1 aliphatic carbocycles. The lowest BCUT2D eigenvalue weighted by molar-refractivity contribution is -0.0852. The number of ether oxygens (including phenoxy) is 10. The van der Waals surface area contributed by atoms with E-state index in [2.05, 4.69) is 44.1 Å². The van der Waals surface area contributed by atoms with Gasteiger partial charge in [0.2, 0.25) is 5.95 Å². The third kappa shape index (κ3) is 17.6. The van der Waals surface area contributed by atoms with E-state index < -0.39 is 0 Å². The van der Waals surface area contributed by atoms with Gasteiger partial charge in [0.25, 0.3) is 5.88 Å². The first kappa shape index (κ1) is 50.4. The standard InChI is InChI=1S/C45H68ClN9O10/c1-34-28-53(29-35(2)64-34)39-6-8-40(9-7-39)55-31-42(44(52-55)63-24-23-62-22-21-61-20-19-60-18-17-59-16-15-58-14-13-57-12-11-56-4)51-45-48-26-38(27-49-45)37-5-10-41(46)43(25-37)65-36(3)30-54-33-47-32-50-54/h5,10,25-27,31-36,39-40H,6-9,11-24,28-30H2,1-4H3,(H,48,49,51)/t34-,35+,36-,39-,40-/m0/s1. The van der Waals surface area contributed by atoms with Crippen LogP contribution in [0.4, 0.5) is 11.6 Å². The summed E-state index contributed by atoms with van der Waals surface area (Å²) in [6, 6.07) is 6.41. The Morgan fingerprint density at radius 2 is 1.32 bits per heavy atom. The average Bonchev–Trinajstić information content (AvgIpc) is 3.97. The number of nitrogens with zero attached hydrogens (tertiary/aromatic N) is 8. The summed E-state index contributed by atoms with van der Waals surface area (Å²) in [7, 11) is 1.65. The van der Waals surface area contributed by atoms with Gasteiger partial charge in [-0.05, 0) is 64.2 Å². The molecule has 2 aliphatic rings. The Balaban J connectivity index is 0.937. The van der Waals surface area contributed by atoms with Crippen molar-refractivity contribution in [1.29, 1.82) is 0 Å². The molecule has 2 fully saturated rings. The highest BCUT2D eigenvalue weighted by atomic mass is 35.5. The van der Waals surface area contributed by atoms with Gasteiger partial charge in [-0.1, -0.05) is 17.7 Å². The number of anilines is 2. The Kier molecular flexibility index (Phi) is 21.9. The van der Waals surface area contributed by atoms with Gasteiger partial charge < -0.3 is 52.7 Å². The van der Waals surface area contributed by atoms with Crippen molar-refractivity contribution in [3.8, 4) is 22.8 Å². The van der Waals surface area contributed by atoms with Crippen molar-refractivity contribution in [2.45, 2.75) is 83.4 Å². The molecule has 3 aromatic heterocycles. The van der Waals surface area contributed by atoms with Crippen LogP contribution >= 0.6 is 11.6 Å². The fraction of sp³-hybridized carbons (Fsp3) is 0.667. The number of hydrogen-bond donors (Lipinski definition) is 1. The summed E-state index contributed by atoms with van der Waals surface area (Å²) < 4.78 is 60.5. The number of hydrogen-bond acceptors (Lipinski definition) is 17. The minimum Gasteiger partial charge on any atom is -0.487 e. The molecule has 1 aliphatic heterocycles. The molecule has 1 saturated heterocycles. The Bertz CT molecular complexity index is 1880. The zero-order chi connectivity index (χ0) is 45.5. The van der Waals surface area contributed by atoms with Crippen molar-refractivity contribution in [2.24, 2.45) is 0 Å². The monoisotopic (exact) mass is 929 g/mol. The molecule has 1 saturated carbocycles. The van der Waals surface area contributed by atoms with Gasteiger partial charge in [0.1, 0.15) is 36.8 Å². The summed E-state index contributed by atoms with van der Waals surface area (Å²) in [4.78, 5) is 15.9. The molecule has 4 heterocycles. The van der Waals surface area contributed by atoms with Gasteiger partial charge in [-0.2, -0.15) is 5.10 Å². The molecule has 0 unspecified atom stereocenters. The normalized spacial score (nSPS) is 19.6. The molecule has 20 heteroatoms. The molecular weight excluding hydrogens is 862 g/mol. The van der Waals surface area contributed by atoms with E-state index in [0.29, 0.717) is 133 Å². The lowest BCUT2D eigenvalue weighted by atomic mass is 9.89. The molecule has 0 spiro atoms. The third-order valence-corrected chi connectivity index (χ3v) is 11.2. The molecule has 360 valence electrons. The second kappa shape index (κ2) is 28.2. The van der Waals surface area contributed by atoms with Crippen LogP contribution in [-0.2, 0) is 44.4 Å². The Labute approximate surface area is 387 Å². The van der Waals surface area contributed by atoms with Gasteiger partial charge >= 0.3 is 0 Å². The Morgan fingerprint density at radius 1 is 0.754 bits per heavy atom. The van der Waals surface area contributed by atoms with Crippen LogP contribution in [0.5, 0.6) is 11.6 Å². The average molecular weight is 931 g/mol. The summed E-state index contributed by atoms with van der Waals surface area (Å²) in [5, 5.41) is 13.0. The third-order valence-electron chi connectivity index (χ3n) is 10.9. The number of aromatic nitrogens is 7. The van der Waals surface area contributed by atoms with Crippen LogP contribution in [0, 0.1) is 0 Å². The maximum Gasteiger partial charge on any atom is 0.257 e. The summed E-state index contributed by atoms with van der Waals surface area (Å²) in [5.74, 6) is 1.44. The van der Waals surface area contributed by atoms with Gasteiger partial charge in [-0.25, -0.2) is 19.6 Å². The van der Waals surface area contributed by atoms with Crippen molar-refractivity contribution >= 4 is 23.2 Å². The maximum absolute atomic E-state index is 6.52. The lowest BCUT2D eigenvalue weighted by Crippen LogP contribution is -2.51. The number of nitrogens with one attached hydrogen (secondary N) is 1. The Hall–Kier alpha value is -4.02. The first-order valence-electron chi connectivity index (χ1n) is 22.8. The molecule has 1 N–H and O–H groups in total. The minimum absolute atomic E-state index is 0.189. The number of morpholine rings is 1. The van der Waals surface area contributed by atoms with E-state index in [9.17, 15) is 0 Å². The smallest absolute Gasteiger partial charge is 0.257 e. The van der Waals surface area contributed by atoms with Crippen LogP contribution in [0.1, 0.15) is 52.5 Å². The van der Waals surface area contributed by atoms with E-state index in [1.165, 1.54) is 6.33 Å². The molecule has 6 rings (SSSR count). The van der Waals surface area contributed by atoms with Gasteiger partial charge in [-0.15, -0.1) is 5.10 Å². The molecule has 19 nitrogen and oxygen atoms in total. The maximum atomic E-state index is 6.52. The van der Waals surface area contributed by atoms with Gasteiger partial charge in [0.05, 0.1) is 122 Å². The molecule has 65 heavy (non-hydrogen) atoms. The van der Waals surface area contributed by atoms with Crippen LogP contribution in [0.15, 0.2) is 49.4 Å². The van der Waals surface area contributed by atoms with E-state index in [0.717, 1.165) is 49.9 Å². The van der Waals surface area contributed by atoms with Crippen molar-refractivity contribution < 1.29 is 47.4 Å². The molecule has 1 aromatic carbocycles. The summed E-state index contributed by atoms with van der Waals surface area (Å²) in [6.07, 6.45) is 13.2. The van der Waals surface area contributed by atoms with Gasteiger partial charge in [-0.3, -0.25) is 9.58 Å². The van der Waals surface area contributed by atoms with Crippen LogP contribution in [0.3, 0.4) is 0 Å². The highest BCUT2D eigenvalue weighted by molar-refractivity contribution is 6.32. The van der Waals surface area contributed by atoms with Crippen molar-refractivity contribution in [1.82, 2.24) is 39.4 Å². The van der Waals surface area contributed by atoms with Gasteiger partial charge in [0, 0.05) is 44.2 Å². The van der Waals surface area contributed by atoms with Crippen LogP contribution in [0.2, 0.25) is 5.02 Å². The highest BCUT2D eigenvalue weighted by Crippen LogP contribution is 2.36. The second-order valence-corrected chi connectivity index (χ2v) is 16.5. The molecular formula is C45H68ClN9O10. The molecule has 0 bridgehead atoms. The number of methoxy groups -OCH3 is 1. The van der Waals surface area contributed by atoms with E-state index in [4.69, 9.17) is 64.1 Å². The van der Waals surface area contributed by atoms with E-state index in [1.54, 1.807) is 30.5 Å². The van der Waals surface area contributed by atoms with Crippen LogP contribution in [0.25, 0.3) is 11.1 Å². The second-order valence-electron chi connectivity index (χ2n) is 16.1. The fourth-order valence-electron chi connectivity index (χ4n) is 7.78. The number of benzene rings is 1. The molecule has 0 radical (unpaired) electrons. The predicted octanol–water partition coefficient (Wildman–Crippen LogP) is 5.51. The minimum atomic E-state index is -0.189. The Morgan fingerprint density at radius 3 is 1.89 bits per heavy atom. The highest BCUT2D eigenvalue weighted by Gasteiger charge is 2.32. The molecule has 4 aromatic rings. The molecule has 0 amide bonds. The fourth-order valence-corrected chi connectivity index (χ4v) is 7.94. The topological polar surface area (TPSA) is 182 Å².